The van der Waals surface area contributed by atoms with E-state index < -0.39 is 5.60 Å². The SMILES string of the molecule is C=C(C)C(C)CCCCNCCN(C)C(=O)OC(C)(C)C. The van der Waals surface area contributed by atoms with E-state index >= 15 is 0 Å². The molecule has 1 atom stereocenters. The maximum Gasteiger partial charge on any atom is 0.410 e. The molecule has 0 bridgehead atoms. The number of carbonyl (C=O) groups excluding carboxylic acids is 1. The fourth-order valence-electron chi connectivity index (χ4n) is 1.75. The van der Waals surface area contributed by atoms with Gasteiger partial charge in [0.2, 0.25) is 0 Å². The van der Waals surface area contributed by atoms with Crippen LogP contribution in [-0.4, -0.2) is 43.3 Å². The van der Waals surface area contributed by atoms with E-state index in [9.17, 15) is 4.79 Å². The zero-order valence-electron chi connectivity index (χ0n) is 14.8. The van der Waals surface area contributed by atoms with Crippen LogP contribution in [0.25, 0.3) is 0 Å². The van der Waals surface area contributed by atoms with Crippen LogP contribution in [-0.2, 0) is 4.74 Å². The van der Waals surface area contributed by atoms with E-state index in [0.717, 1.165) is 19.5 Å². The molecule has 1 amide bonds. The second kappa shape index (κ2) is 9.82. The Morgan fingerprint density at radius 3 is 2.43 bits per heavy atom. The predicted molar refractivity (Wildman–Crippen MR) is 89.6 cm³/mol. The average molecular weight is 298 g/mol. The minimum absolute atomic E-state index is 0.264. The lowest BCUT2D eigenvalue weighted by atomic mass is 9.98. The normalized spacial score (nSPS) is 12.9. The Labute approximate surface area is 130 Å². The lowest BCUT2D eigenvalue weighted by Gasteiger charge is -2.24. The molecular formula is C17H34N2O2. The fraction of sp³-hybridized carbons (Fsp3) is 0.824. The van der Waals surface area contributed by atoms with Gasteiger partial charge in [0.25, 0.3) is 0 Å². The molecule has 0 aromatic carbocycles. The van der Waals surface area contributed by atoms with E-state index in [-0.39, 0.29) is 6.09 Å². The van der Waals surface area contributed by atoms with Crippen molar-refractivity contribution in [2.75, 3.05) is 26.7 Å². The molecule has 0 aromatic rings. The van der Waals surface area contributed by atoms with Crippen LogP contribution in [0.4, 0.5) is 4.79 Å². The number of allylic oxidation sites excluding steroid dienone is 1. The highest BCUT2D eigenvalue weighted by molar-refractivity contribution is 5.67. The summed E-state index contributed by atoms with van der Waals surface area (Å²) in [6, 6.07) is 0. The molecule has 0 aliphatic carbocycles. The molecule has 0 radical (unpaired) electrons. The minimum Gasteiger partial charge on any atom is -0.444 e. The molecule has 0 spiro atoms. The number of carbonyl (C=O) groups is 1. The zero-order valence-corrected chi connectivity index (χ0v) is 14.8. The van der Waals surface area contributed by atoms with E-state index in [1.165, 1.54) is 18.4 Å². The lowest BCUT2D eigenvalue weighted by Crippen LogP contribution is -2.38. The van der Waals surface area contributed by atoms with Gasteiger partial charge < -0.3 is 15.0 Å². The Kier molecular flexibility index (Phi) is 9.34. The molecule has 0 aliphatic rings. The van der Waals surface area contributed by atoms with Gasteiger partial charge in [-0.1, -0.05) is 25.5 Å². The van der Waals surface area contributed by atoms with Crippen molar-refractivity contribution in [1.82, 2.24) is 10.2 Å². The first-order chi connectivity index (χ1) is 9.63. The van der Waals surface area contributed by atoms with Crippen LogP contribution in [0.3, 0.4) is 0 Å². The van der Waals surface area contributed by atoms with Crippen LogP contribution in [0.15, 0.2) is 12.2 Å². The second-order valence-corrected chi connectivity index (χ2v) is 6.90. The number of amides is 1. The van der Waals surface area contributed by atoms with Gasteiger partial charge in [-0.15, -0.1) is 0 Å². The third kappa shape index (κ3) is 11.3. The summed E-state index contributed by atoms with van der Waals surface area (Å²) in [5.74, 6) is 0.614. The molecule has 4 nitrogen and oxygen atoms in total. The van der Waals surface area contributed by atoms with Gasteiger partial charge in [0.05, 0.1) is 0 Å². The molecule has 1 unspecified atom stereocenters. The van der Waals surface area contributed by atoms with E-state index in [1.807, 2.05) is 20.8 Å². The number of hydrogen-bond acceptors (Lipinski definition) is 3. The topological polar surface area (TPSA) is 41.6 Å². The monoisotopic (exact) mass is 298 g/mol. The maximum absolute atomic E-state index is 11.7. The average Bonchev–Trinajstić information content (AvgIpc) is 2.34. The van der Waals surface area contributed by atoms with Crippen LogP contribution in [0, 0.1) is 5.92 Å². The van der Waals surface area contributed by atoms with E-state index in [1.54, 1.807) is 11.9 Å². The van der Waals surface area contributed by atoms with Gasteiger partial charge in [-0.3, -0.25) is 0 Å². The number of likely N-dealkylation sites (N-methyl/N-ethyl adjacent to an activating group) is 1. The smallest absolute Gasteiger partial charge is 0.410 e. The Morgan fingerprint density at radius 2 is 1.90 bits per heavy atom. The highest BCUT2D eigenvalue weighted by Crippen LogP contribution is 2.14. The Morgan fingerprint density at radius 1 is 1.29 bits per heavy atom. The molecule has 0 heterocycles. The van der Waals surface area contributed by atoms with Gasteiger partial charge >= 0.3 is 6.09 Å². The van der Waals surface area contributed by atoms with Crippen LogP contribution in [0.1, 0.15) is 53.9 Å². The number of rotatable bonds is 9. The van der Waals surface area contributed by atoms with Crippen molar-refractivity contribution in [3.8, 4) is 0 Å². The fourth-order valence-corrected chi connectivity index (χ4v) is 1.75. The number of unbranched alkanes of at least 4 members (excludes halogenated alkanes) is 1. The molecule has 0 saturated heterocycles. The Hall–Kier alpha value is -1.03. The quantitative estimate of drug-likeness (QED) is 0.519. The number of nitrogens with zero attached hydrogens (tertiary/aromatic N) is 1. The van der Waals surface area contributed by atoms with Gasteiger partial charge in [-0.25, -0.2) is 4.79 Å². The maximum atomic E-state index is 11.7. The first-order valence-corrected chi connectivity index (χ1v) is 7.93. The number of hydrogen-bond donors (Lipinski definition) is 1. The summed E-state index contributed by atoms with van der Waals surface area (Å²) in [5.41, 5.74) is 0.834. The van der Waals surface area contributed by atoms with Gasteiger partial charge in [-0.05, 0) is 53.0 Å². The van der Waals surface area contributed by atoms with Crippen molar-refractivity contribution in [2.24, 2.45) is 5.92 Å². The summed E-state index contributed by atoms with van der Waals surface area (Å²) in [5, 5.41) is 3.37. The van der Waals surface area contributed by atoms with Crippen molar-refractivity contribution in [2.45, 2.75) is 59.5 Å². The van der Waals surface area contributed by atoms with E-state index in [2.05, 4.69) is 25.7 Å². The third-order valence-corrected chi connectivity index (χ3v) is 3.41. The summed E-state index contributed by atoms with van der Waals surface area (Å²) >= 11 is 0. The first-order valence-electron chi connectivity index (χ1n) is 7.93. The molecule has 0 aromatic heterocycles. The minimum atomic E-state index is -0.432. The highest BCUT2D eigenvalue weighted by Gasteiger charge is 2.18. The summed E-state index contributed by atoms with van der Waals surface area (Å²) in [6.45, 7) is 16.4. The van der Waals surface area contributed by atoms with Crippen LogP contribution >= 0.6 is 0 Å². The van der Waals surface area contributed by atoms with Crippen LogP contribution in [0.2, 0.25) is 0 Å². The lowest BCUT2D eigenvalue weighted by molar-refractivity contribution is 0.0300. The summed E-state index contributed by atoms with van der Waals surface area (Å²) < 4.78 is 5.29. The summed E-state index contributed by atoms with van der Waals surface area (Å²) in [6.07, 6.45) is 3.31. The van der Waals surface area contributed by atoms with Crippen LogP contribution in [0.5, 0.6) is 0 Å². The molecule has 21 heavy (non-hydrogen) atoms. The number of ether oxygens (including phenoxy) is 1. The molecule has 0 saturated carbocycles. The van der Waals surface area contributed by atoms with Crippen molar-refractivity contribution in [1.29, 1.82) is 0 Å². The van der Waals surface area contributed by atoms with Crippen molar-refractivity contribution < 1.29 is 9.53 Å². The third-order valence-electron chi connectivity index (χ3n) is 3.41. The van der Waals surface area contributed by atoms with Gasteiger partial charge in [0, 0.05) is 20.1 Å². The molecule has 0 aliphatic heterocycles. The predicted octanol–water partition coefficient (Wildman–Crippen LogP) is 3.83. The molecular weight excluding hydrogens is 264 g/mol. The molecule has 0 rings (SSSR count). The van der Waals surface area contributed by atoms with Gasteiger partial charge in [0.1, 0.15) is 5.60 Å². The summed E-state index contributed by atoms with van der Waals surface area (Å²) in [7, 11) is 1.77. The molecule has 4 heteroatoms. The van der Waals surface area contributed by atoms with Crippen molar-refractivity contribution in [3.05, 3.63) is 12.2 Å². The standard InChI is InChI=1S/C17H34N2O2/c1-14(2)15(3)10-8-9-11-18-12-13-19(7)16(20)21-17(4,5)6/h15,18H,1,8-13H2,2-7H3. The van der Waals surface area contributed by atoms with E-state index in [4.69, 9.17) is 4.74 Å². The van der Waals surface area contributed by atoms with Crippen molar-refractivity contribution in [3.63, 3.8) is 0 Å². The first kappa shape index (κ1) is 20.0. The van der Waals surface area contributed by atoms with Gasteiger partial charge in [0.15, 0.2) is 0 Å². The van der Waals surface area contributed by atoms with Gasteiger partial charge in [-0.2, -0.15) is 0 Å². The highest BCUT2D eigenvalue weighted by atomic mass is 16.6. The molecule has 124 valence electrons. The molecule has 1 N–H and O–H groups in total. The van der Waals surface area contributed by atoms with E-state index in [0.29, 0.717) is 12.5 Å². The second-order valence-electron chi connectivity index (χ2n) is 6.90. The number of nitrogens with one attached hydrogen (secondary N) is 1. The summed E-state index contributed by atoms with van der Waals surface area (Å²) in [4.78, 5) is 13.3. The Balaban J connectivity index is 3.59. The Bertz CT molecular complexity index is 321. The van der Waals surface area contributed by atoms with Crippen LogP contribution < -0.4 is 5.32 Å². The molecule has 0 fully saturated rings. The zero-order chi connectivity index (χ0) is 16.5. The van der Waals surface area contributed by atoms with Crippen molar-refractivity contribution >= 4 is 6.09 Å². The largest absolute Gasteiger partial charge is 0.444 e.